The minimum atomic E-state index is -0.760. The second-order valence-corrected chi connectivity index (χ2v) is 3.88. The highest BCUT2D eigenvalue weighted by molar-refractivity contribution is 5.85. The molecule has 1 atom stereocenters. The number of hydrogen-bond donors (Lipinski definition) is 2. The minimum Gasteiger partial charge on any atom is -0.488 e. The molecule has 1 aromatic carbocycles. The van der Waals surface area contributed by atoms with Gasteiger partial charge in [-0.05, 0) is 26.1 Å². The Morgan fingerprint density at radius 3 is 2.68 bits per heavy atom. The maximum atomic E-state index is 13.2. The number of rotatable bonds is 6. The van der Waals surface area contributed by atoms with Crippen LogP contribution in [0.1, 0.15) is 6.92 Å². The monoisotopic (exact) mass is 294 g/mol. The number of benzene rings is 1. The Bertz CT molecular complexity index is 419. The maximum absolute atomic E-state index is 13.2. The second kappa shape index (κ2) is 8.66. The minimum absolute atomic E-state index is 0. The molecular formula is C12H17ClF2N2O2. The van der Waals surface area contributed by atoms with Crippen LogP contribution in [0.3, 0.4) is 0 Å². The number of carbonyl (C=O) groups is 1. The predicted octanol–water partition coefficient (Wildman–Crippen LogP) is 1.49. The number of carbonyl (C=O) groups excluding carboxylic acids is 1. The van der Waals surface area contributed by atoms with Crippen LogP contribution in [0.15, 0.2) is 18.2 Å². The fraction of sp³-hybridized carbons (Fsp3) is 0.417. The summed E-state index contributed by atoms with van der Waals surface area (Å²) < 4.78 is 31.0. The normalized spacial score (nSPS) is 11.4. The zero-order valence-electron chi connectivity index (χ0n) is 10.7. The molecule has 2 N–H and O–H groups in total. The summed E-state index contributed by atoms with van der Waals surface area (Å²) >= 11 is 0. The van der Waals surface area contributed by atoms with Gasteiger partial charge in [0.25, 0.3) is 0 Å². The number of hydrogen-bond acceptors (Lipinski definition) is 3. The highest BCUT2D eigenvalue weighted by atomic mass is 35.5. The molecule has 0 aromatic heterocycles. The first-order valence-corrected chi connectivity index (χ1v) is 5.54. The third kappa shape index (κ3) is 6.35. The summed E-state index contributed by atoms with van der Waals surface area (Å²) in [6.07, 6.45) is 0. The maximum Gasteiger partial charge on any atom is 0.234 e. The van der Waals surface area contributed by atoms with Gasteiger partial charge in [-0.2, -0.15) is 0 Å². The van der Waals surface area contributed by atoms with Gasteiger partial charge in [-0.25, -0.2) is 8.78 Å². The van der Waals surface area contributed by atoms with Crippen LogP contribution in [-0.4, -0.2) is 32.1 Å². The van der Waals surface area contributed by atoms with Gasteiger partial charge >= 0.3 is 0 Å². The van der Waals surface area contributed by atoms with E-state index in [0.29, 0.717) is 0 Å². The van der Waals surface area contributed by atoms with Gasteiger partial charge in [-0.15, -0.1) is 12.4 Å². The molecular weight excluding hydrogens is 278 g/mol. The summed E-state index contributed by atoms with van der Waals surface area (Å²) in [5.74, 6) is -1.63. The molecule has 1 rings (SSSR count). The van der Waals surface area contributed by atoms with Crippen molar-refractivity contribution in [2.45, 2.75) is 13.0 Å². The van der Waals surface area contributed by atoms with Crippen molar-refractivity contribution < 1.29 is 18.3 Å². The van der Waals surface area contributed by atoms with Crippen molar-refractivity contribution in [1.29, 1.82) is 0 Å². The van der Waals surface area contributed by atoms with Gasteiger partial charge in [-0.1, -0.05) is 0 Å². The molecule has 4 nitrogen and oxygen atoms in total. The lowest BCUT2D eigenvalue weighted by Gasteiger charge is -2.15. The lowest BCUT2D eigenvalue weighted by atomic mass is 10.3. The highest BCUT2D eigenvalue weighted by Crippen LogP contribution is 2.17. The molecule has 0 aliphatic heterocycles. The fourth-order valence-electron chi connectivity index (χ4n) is 1.34. The van der Waals surface area contributed by atoms with E-state index in [-0.39, 0.29) is 43.3 Å². The van der Waals surface area contributed by atoms with Crippen molar-refractivity contribution in [2.24, 2.45) is 0 Å². The van der Waals surface area contributed by atoms with Gasteiger partial charge in [0, 0.05) is 6.07 Å². The molecule has 1 amide bonds. The summed E-state index contributed by atoms with van der Waals surface area (Å²) in [6.45, 7) is 2.04. The zero-order chi connectivity index (χ0) is 13.5. The summed E-state index contributed by atoms with van der Waals surface area (Å²) in [4.78, 5) is 11.2. The molecule has 0 saturated carbocycles. The van der Waals surface area contributed by atoms with Crippen molar-refractivity contribution in [3.8, 4) is 5.75 Å². The first-order valence-electron chi connectivity index (χ1n) is 5.54. The topological polar surface area (TPSA) is 50.4 Å². The first-order chi connectivity index (χ1) is 8.52. The summed E-state index contributed by atoms with van der Waals surface area (Å²) in [7, 11) is 1.66. The van der Waals surface area contributed by atoms with Gasteiger partial charge in [-0.3, -0.25) is 4.79 Å². The molecule has 1 aromatic rings. The Balaban J connectivity index is 0.00000324. The van der Waals surface area contributed by atoms with Crippen LogP contribution in [0.4, 0.5) is 8.78 Å². The number of nitrogens with one attached hydrogen (secondary N) is 2. The van der Waals surface area contributed by atoms with E-state index in [2.05, 4.69) is 10.6 Å². The average Bonchev–Trinajstić information content (AvgIpc) is 2.28. The lowest BCUT2D eigenvalue weighted by molar-refractivity contribution is -0.120. The van der Waals surface area contributed by atoms with E-state index in [1.165, 1.54) is 6.07 Å². The largest absolute Gasteiger partial charge is 0.488 e. The van der Waals surface area contributed by atoms with Gasteiger partial charge in [0.1, 0.15) is 12.4 Å². The van der Waals surface area contributed by atoms with Crippen LogP contribution < -0.4 is 15.4 Å². The van der Waals surface area contributed by atoms with E-state index < -0.39 is 11.6 Å². The number of amides is 1. The van der Waals surface area contributed by atoms with Crippen molar-refractivity contribution in [1.82, 2.24) is 10.6 Å². The average molecular weight is 295 g/mol. The van der Waals surface area contributed by atoms with Crippen LogP contribution in [0.5, 0.6) is 5.75 Å². The number of ether oxygens (including phenoxy) is 1. The Morgan fingerprint density at radius 2 is 2.11 bits per heavy atom. The Morgan fingerprint density at radius 1 is 1.42 bits per heavy atom. The van der Waals surface area contributed by atoms with Gasteiger partial charge < -0.3 is 15.4 Å². The molecule has 0 aliphatic carbocycles. The fourth-order valence-corrected chi connectivity index (χ4v) is 1.34. The zero-order valence-corrected chi connectivity index (χ0v) is 11.5. The standard InChI is InChI=1S/C12H16F2N2O2.ClH/c1-8(16-12(17)6-15-2)7-18-11-4-3-9(13)5-10(11)14;/h3-5,8,15H,6-7H2,1-2H3,(H,16,17);1H. The van der Waals surface area contributed by atoms with Crippen molar-refractivity contribution in [2.75, 3.05) is 20.2 Å². The molecule has 0 fully saturated rings. The predicted molar refractivity (Wildman–Crippen MR) is 70.6 cm³/mol. The Hall–Kier alpha value is -1.40. The SMILES string of the molecule is CNCC(=O)NC(C)COc1ccc(F)cc1F.Cl. The van der Waals surface area contributed by atoms with Crippen LogP contribution in [0.2, 0.25) is 0 Å². The van der Waals surface area contributed by atoms with E-state index in [0.717, 1.165) is 12.1 Å². The molecule has 0 saturated heterocycles. The van der Waals surface area contributed by atoms with Crippen LogP contribution >= 0.6 is 12.4 Å². The summed E-state index contributed by atoms with van der Waals surface area (Å²) in [5, 5.41) is 5.37. The third-order valence-corrected chi connectivity index (χ3v) is 2.13. The van der Waals surface area contributed by atoms with E-state index in [1.54, 1.807) is 14.0 Å². The van der Waals surface area contributed by atoms with Gasteiger partial charge in [0.05, 0.1) is 12.6 Å². The Kier molecular flexibility index (Phi) is 8.02. The number of halogens is 3. The van der Waals surface area contributed by atoms with Crippen molar-refractivity contribution in [3.63, 3.8) is 0 Å². The molecule has 0 aliphatic rings. The lowest BCUT2D eigenvalue weighted by Crippen LogP contribution is -2.41. The molecule has 108 valence electrons. The van der Waals surface area contributed by atoms with Gasteiger partial charge in [0.2, 0.25) is 5.91 Å². The van der Waals surface area contributed by atoms with E-state index in [1.807, 2.05) is 0 Å². The van der Waals surface area contributed by atoms with Crippen LogP contribution in [0.25, 0.3) is 0 Å². The van der Waals surface area contributed by atoms with E-state index in [9.17, 15) is 13.6 Å². The third-order valence-electron chi connectivity index (χ3n) is 2.13. The highest BCUT2D eigenvalue weighted by Gasteiger charge is 2.09. The molecule has 0 bridgehead atoms. The molecule has 0 radical (unpaired) electrons. The number of likely N-dealkylation sites (N-methyl/N-ethyl adjacent to an activating group) is 1. The first kappa shape index (κ1) is 17.6. The smallest absolute Gasteiger partial charge is 0.234 e. The quantitative estimate of drug-likeness (QED) is 0.836. The molecule has 1 unspecified atom stereocenters. The van der Waals surface area contributed by atoms with Crippen molar-refractivity contribution >= 4 is 18.3 Å². The summed E-state index contributed by atoms with van der Waals surface area (Å²) in [5.41, 5.74) is 0. The molecule has 0 heterocycles. The molecule has 7 heteroatoms. The van der Waals surface area contributed by atoms with Gasteiger partial charge in [0.15, 0.2) is 11.6 Å². The Labute approximate surface area is 116 Å². The van der Waals surface area contributed by atoms with Crippen LogP contribution in [-0.2, 0) is 4.79 Å². The van der Waals surface area contributed by atoms with E-state index in [4.69, 9.17) is 4.74 Å². The van der Waals surface area contributed by atoms with E-state index >= 15 is 0 Å². The second-order valence-electron chi connectivity index (χ2n) is 3.88. The van der Waals surface area contributed by atoms with Crippen molar-refractivity contribution in [3.05, 3.63) is 29.8 Å². The summed E-state index contributed by atoms with van der Waals surface area (Å²) in [6, 6.07) is 2.81. The molecule has 19 heavy (non-hydrogen) atoms. The molecule has 0 spiro atoms. The van der Waals surface area contributed by atoms with Crippen LogP contribution in [0, 0.1) is 11.6 Å².